The first kappa shape index (κ1) is 33.8. The summed E-state index contributed by atoms with van der Waals surface area (Å²) in [5, 5.41) is 9.81. The maximum Gasteiger partial charge on any atom is 0.410 e. The number of nitrogens with zero attached hydrogens (tertiary/aromatic N) is 4. The number of halogens is 2. The van der Waals surface area contributed by atoms with Gasteiger partial charge in [-0.05, 0) is 83.0 Å². The lowest BCUT2D eigenvalue weighted by molar-refractivity contribution is -0.158. The summed E-state index contributed by atoms with van der Waals surface area (Å²) in [4.78, 5) is 44.0. The molecule has 11 heteroatoms. The number of benzene rings is 3. The predicted molar refractivity (Wildman–Crippen MR) is 178 cm³/mol. The van der Waals surface area contributed by atoms with Gasteiger partial charge in [0.15, 0.2) is 5.92 Å². The summed E-state index contributed by atoms with van der Waals surface area (Å²) < 4.78 is 25.7. The number of amides is 2. The monoisotopic (exact) mass is 660 g/mol. The van der Waals surface area contributed by atoms with E-state index < -0.39 is 34.8 Å². The van der Waals surface area contributed by atoms with Crippen LogP contribution in [0.5, 0.6) is 0 Å². The largest absolute Gasteiger partial charge is 0.459 e. The maximum absolute atomic E-state index is 14.7. The zero-order valence-corrected chi connectivity index (χ0v) is 28.0. The third-order valence-corrected chi connectivity index (χ3v) is 7.72. The van der Waals surface area contributed by atoms with Crippen molar-refractivity contribution < 1.29 is 28.2 Å². The Hall–Kier alpha value is -4.57. The Morgan fingerprint density at radius 2 is 1.62 bits per heavy atom. The Balaban J connectivity index is 1.51. The van der Waals surface area contributed by atoms with E-state index in [1.165, 1.54) is 17.0 Å². The van der Waals surface area contributed by atoms with Crippen LogP contribution in [0.4, 0.5) is 14.9 Å². The molecule has 0 N–H and O–H groups in total. The Bertz CT molecular complexity index is 1770. The van der Waals surface area contributed by atoms with Crippen LogP contribution in [-0.2, 0) is 25.6 Å². The van der Waals surface area contributed by atoms with E-state index in [2.05, 4.69) is 10.2 Å². The van der Waals surface area contributed by atoms with Gasteiger partial charge in [0.1, 0.15) is 17.0 Å². The van der Waals surface area contributed by atoms with Crippen LogP contribution >= 0.6 is 11.6 Å². The molecule has 0 saturated carbocycles. The van der Waals surface area contributed by atoms with Gasteiger partial charge in [0.2, 0.25) is 5.91 Å². The zero-order valence-electron chi connectivity index (χ0n) is 27.3. The first-order chi connectivity index (χ1) is 22.1. The fraction of sp³-hybridized carbons (Fsp3) is 0.361. The van der Waals surface area contributed by atoms with Gasteiger partial charge in [-0.25, -0.2) is 9.18 Å². The van der Waals surface area contributed by atoms with Crippen LogP contribution in [0.25, 0.3) is 10.8 Å². The van der Waals surface area contributed by atoms with Crippen molar-refractivity contribution in [3.63, 3.8) is 0 Å². The molecule has 2 amide bonds. The number of anilines is 1. The van der Waals surface area contributed by atoms with Crippen molar-refractivity contribution in [3.8, 4) is 0 Å². The van der Waals surface area contributed by atoms with E-state index in [4.69, 9.17) is 21.1 Å². The van der Waals surface area contributed by atoms with E-state index in [-0.39, 0.29) is 29.3 Å². The lowest BCUT2D eigenvalue weighted by Gasteiger charge is -2.40. The highest BCUT2D eigenvalue weighted by Gasteiger charge is 2.39. The van der Waals surface area contributed by atoms with Gasteiger partial charge in [-0.15, -0.1) is 0 Å². The average Bonchev–Trinajstić information content (AvgIpc) is 2.93. The highest BCUT2D eigenvalue weighted by molar-refractivity contribution is 6.30. The number of hydrogen-bond acceptors (Lipinski definition) is 7. The van der Waals surface area contributed by atoms with Gasteiger partial charge in [0, 0.05) is 40.5 Å². The smallest absolute Gasteiger partial charge is 0.410 e. The number of carbonyl (C=O) groups is 3. The van der Waals surface area contributed by atoms with Crippen LogP contribution in [0.1, 0.15) is 70.2 Å². The van der Waals surface area contributed by atoms with Gasteiger partial charge in [0.25, 0.3) is 0 Å². The predicted octanol–water partition coefficient (Wildman–Crippen LogP) is 7.42. The van der Waals surface area contributed by atoms with Crippen LogP contribution in [0.2, 0.25) is 5.02 Å². The van der Waals surface area contributed by atoms with E-state index in [0.717, 1.165) is 5.56 Å². The number of hydrogen-bond donors (Lipinski definition) is 0. The maximum atomic E-state index is 14.7. The summed E-state index contributed by atoms with van der Waals surface area (Å²) in [7, 11) is 0. The molecule has 0 bridgehead atoms. The minimum atomic E-state index is -1.48. The number of esters is 1. The van der Waals surface area contributed by atoms with Crippen LogP contribution in [0, 0.1) is 5.82 Å². The van der Waals surface area contributed by atoms with Crippen molar-refractivity contribution in [2.45, 2.75) is 71.1 Å². The van der Waals surface area contributed by atoms with Crippen molar-refractivity contribution in [3.05, 3.63) is 101 Å². The lowest BCUT2D eigenvalue weighted by Crippen LogP contribution is -2.50. The van der Waals surface area contributed by atoms with Gasteiger partial charge < -0.3 is 19.3 Å². The average molecular weight is 661 g/mol. The number of rotatable bonds is 7. The van der Waals surface area contributed by atoms with Crippen molar-refractivity contribution in [1.29, 1.82) is 0 Å². The Kier molecular flexibility index (Phi) is 9.54. The highest BCUT2D eigenvalue weighted by atomic mass is 35.5. The second-order valence-corrected chi connectivity index (χ2v) is 14.1. The molecule has 1 unspecified atom stereocenters. The third-order valence-electron chi connectivity index (χ3n) is 7.50. The lowest BCUT2D eigenvalue weighted by atomic mass is 9.91. The normalized spacial score (nSPS) is 14.3. The number of ether oxygens (including phenoxy) is 2. The van der Waals surface area contributed by atoms with Crippen LogP contribution < -0.4 is 4.90 Å². The minimum Gasteiger partial charge on any atom is -0.459 e. The molecule has 3 aromatic carbocycles. The van der Waals surface area contributed by atoms with E-state index in [9.17, 15) is 18.8 Å². The Morgan fingerprint density at radius 3 is 2.26 bits per heavy atom. The molecule has 0 spiro atoms. The van der Waals surface area contributed by atoms with Crippen molar-refractivity contribution >= 4 is 46.0 Å². The molecule has 1 aliphatic rings. The first-order valence-electron chi connectivity index (χ1n) is 15.4. The van der Waals surface area contributed by atoms with Crippen LogP contribution in [0.3, 0.4) is 0 Å². The molecule has 2 heterocycles. The topological polar surface area (TPSA) is 102 Å². The second-order valence-electron chi connectivity index (χ2n) is 13.7. The first-order valence-corrected chi connectivity index (χ1v) is 15.7. The molecular formula is C36H38ClFN4O5. The molecule has 1 atom stereocenters. The number of aromatic nitrogens is 2. The molecule has 1 fully saturated rings. The van der Waals surface area contributed by atoms with Gasteiger partial charge in [-0.2, -0.15) is 10.2 Å². The number of carbonyl (C=O) groups excluding carboxylic acids is 3. The van der Waals surface area contributed by atoms with Crippen molar-refractivity contribution in [2.75, 3.05) is 18.0 Å². The van der Waals surface area contributed by atoms with Crippen molar-refractivity contribution in [1.82, 2.24) is 15.1 Å². The fourth-order valence-corrected chi connectivity index (χ4v) is 5.63. The molecule has 4 aromatic rings. The third kappa shape index (κ3) is 8.24. The fourth-order valence-electron chi connectivity index (χ4n) is 5.38. The number of fused-ring (bicyclic) bond motifs is 1. The Morgan fingerprint density at radius 1 is 0.957 bits per heavy atom. The van der Waals surface area contributed by atoms with Crippen LogP contribution in [0.15, 0.2) is 72.9 Å². The standard InChI is InChI=1S/C36H38ClFN4O5/c1-35(2,3)46-33(44)30(31-29-10-8-7-9-24(29)18-39-40-31)32(43)42(19-22-15-26(37)17-27(38)16-22)28-13-11-23(12-14-28)25-20-41(21-25)34(45)47-36(4,5)6/h7-18,25,30H,19-21H2,1-6H3. The van der Waals surface area contributed by atoms with Crippen molar-refractivity contribution in [2.24, 2.45) is 0 Å². The summed E-state index contributed by atoms with van der Waals surface area (Å²) >= 11 is 6.18. The molecule has 9 nitrogen and oxygen atoms in total. The van der Waals surface area contributed by atoms with E-state index in [1.54, 1.807) is 62.2 Å². The van der Waals surface area contributed by atoms with Gasteiger partial charge in [-0.1, -0.05) is 48.0 Å². The van der Waals surface area contributed by atoms with Gasteiger partial charge in [-0.3, -0.25) is 9.59 Å². The summed E-state index contributed by atoms with van der Waals surface area (Å²) in [5.74, 6) is -3.37. The van der Waals surface area contributed by atoms with Gasteiger partial charge >= 0.3 is 12.1 Å². The summed E-state index contributed by atoms with van der Waals surface area (Å²) in [5.41, 5.74) is 0.527. The zero-order chi connectivity index (χ0) is 34.1. The molecule has 5 rings (SSSR count). The molecule has 1 saturated heterocycles. The van der Waals surface area contributed by atoms with E-state index in [0.29, 0.717) is 35.1 Å². The van der Waals surface area contributed by atoms with E-state index in [1.807, 2.05) is 45.0 Å². The Labute approximate surface area is 278 Å². The molecule has 0 aliphatic carbocycles. The SMILES string of the molecule is CC(C)(C)OC(=O)C(C(=O)N(Cc1cc(F)cc(Cl)c1)c1ccc(C2CN(C(=O)OC(C)(C)C)C2)cc1)c1nncc2ccccc12. The summed E-state index contributed by atoms with van der Waals surface area (Å²) in [6, 6.07) is 18.6. The molecule has 0 radical (unpaired) electrons. The minimum absolute atomic E-state index is 0.0863. The van der Waals surface area contributed by atoms with Crippen LogP contribution in [-0.4, -0.2) is 57.4 Å². The van der Waals surface area contributed by atoms with Gasteiger partial charge in [0.05, 0.1) is 18.4 Å². The highest BCUT2D eigenvalue weighted by Crippen LogP contribution is 2.33. The quantitative estimate of drug-likeness (QED) is 0.150. The molecule has 1 aliphatic heterocycles. The summed E-state index contributed by atoms with van der Waals surface area (Å²) in [6.07, 6.45) is 1.20. The number of likely N-dealkylation sites (tertiary alicyclic amines) is 1. The molecule has 246 valence electrons. The molecule has 47 heavy (non-hydrogen) atoms. The molecule has 1 aromatic heterocycles. The van der Waals surface area contributed by atoms with E-state index >= 15 is 0 Å². The summed E-state index contributed by atoms with van der Waals surface area (Å²) in [6.45, 7) is 11.5. The second kappa shape index (κ2) is 13.3. The molecular weight excluding hydrogens is 623 g/mol.